The molecule has 1 aliphatic carbocycles. The number of Topliss-reactive ketones (excluding diaryl/α,β-unsaturated/α-hetero) is 1. The van der Waals surface area contributed by atoms with E-state index in [1.807, 2.05) is 6.07 Å². The molecule has 0 atom stereocenters. The molecule has 0 amide bonds. The largest absolute Gasteiger partial charge is 0.469 e. The van der Waals surface area contributed by atoms with E-state index in [1.165, 1.54) is 30.4 Å². The zero-order valence-electron chi connectivity index (χ0n) is 13.3. The Hall–Kier alpha value is -1.87. The van der Waals surface area contributed by atoms with Crippen molar-refractivity contribution in [2.45, 2.75) is 39.0 Å². The number of hydrogen-bond donors (Lipinski definition) is 0. The Labute approximate surface area is 141 Å². The number of ketones is 1. The third-order valence-electron chi connectivity index (χ3n) is 4.27. The fraction of sp³-hybridized carbons (Fsp3) is 0.368. The number of aromatic nitrogens is 1. The lowest BCUT2D eigenvalue weighted by molar-refractivity contribution is 0.0918. The van der Waals surface area contributed by atoms with E-state index in [1.54, 1.807) is 24.3 Å². The van der Waals surface area contributed by atoms with Gasteiger partial charge in [0.15, 0.2) is 12.4 Å². The molecule has 1 heterocycles. The van der Waals surface area contributed by atoms with Crippen molar-refractivity contribution in [3.8, 4) is 5.88 Å². The van der Waals surface area contributed by atoms with Crippen LogP contribution in [0.3, 0.4) is 0 Å². The lowest BCUT2D eigenvalue weighted by Crippen LogP contribution is -2.13. The molecule has 2 aromatic rings. The van der Waals surface area contributed by atoms with Crippen LogP contribution in [-0.4, -0.2) is 17.4 Å². The minimum Gasteiger partial charge on any atom is -0.469 e. The van der Waals surface area contributed by atoms with Crippen LogP contribution in [0.15, 0.2) is 30.3 Å². The fourth-order valence-electron chi connectivity index (χ4n) is 2.98. The van der Waals surface area contributed by atoms with Crippen molar-refractivity contribution in [2.75, 3.05) is 6.61 Å². The van der Waals surface area contributed by atoms with Crippen molar-refractivity contribution in [1.29, 1.82) is 0 Å². The lowest BCUT2D eigenvalue weighted by Gasteiger charge is -2.12. The molecule has 0 unspecified atom stereocenters. The summed E-state index contributed by atoms with van der Waals surface area (Å²) >= 11 is 5.83. The van der Waals surface area contributed by atoms with Crippen LogP contribution in [0.2, 0.25) is 5.02 Å². The van der Waals surface area contributed by atoms with Gasteiger partial charge in [-0.3, -0.25) is 4.79 Å². The van der Waals surface area contributed by atoms with Crippen molar-refractivity contribution in [3.63, 3.8) is 0 Å². The molecular formula is C19H20ClNO2. The third-order valence-corrected chi connectivity index (χ3v) is 4.52. The summed E-state index contributed by atoms with van der Waals surface area (Å²) in [6, 6.07) is 8.78. The molecule has 0 spiro atoms. The van der Waals surface area contributed by atoms with Crippen LogP contribution in [0.5, 0.6) is 5.88 Å². The Morgan fingerprint density at radius 2 is 1.91 bits per heavy atom. The summed E-state index contributed by atoms with van der Waals surface area (Å²) in [5.74, 6) is 0.474. The van der Waals surface area contributed by atoms with E-state index in [2.05, 4.69) is 11.9 Å². The first kappa shape index (κ1) is 16.0. The zero-order chi connectivity index (χ0) is 16.2. The number of ether oxygens (including phenoxy) is 1. The molecule has 3 nitrogen and oxygen atoms in total. The number of hydrogen-bond acceptors (Lipinski definition) is 3. The van der Waals surface area contributed by atoms with Gasteiger partial charge in [0.05, 0.1) is 0 Å². The van der Waals surface area contributed by atoms with Crippen LogP contribution >= 0.6 is 11.6 Å². The zero-order valence-corrected chi connectivity index (χ0v) is 14.0. The normalized spacial score (nSPS) is 14.0. The van der Waals surface area contributed by atoms with E-state index >= 15 is 0 Å². The maximum absolute atomic E-state index is 12.2. The second kappa shape index (κ2) is 7.14. The Morgan fingerprint density at radius 1 is 1.17 bits per heavy atom. The number of carbonyl (C=O) groups excluding carboxylic acids is 1. The third kappa shape index (κ3) is 3.91. The first-order valence-corrected chi connectivity index (χ1v) is 8.42. The van der Waals surface area contributed by atoms with Crippen molar-refractivity contribution >= 4 is 17.4 Å². The first-order valence-electron chi connectivity index (χ1n) is 8.04. The minimum absolute atomic E-state index is 0.00708. The molecule has 0 saturated heterocycles. The number of rotatable bonds is 4. The van der Waals surface area contributed by atoms with Crippen molar-refractivity contribution in [1.82, 2.24) is 4.98 Å². The van der Waals surface area contributed by atoms with Crippen LogP contribution in [-0.2, 0) is 12.8 Å². The maximum Gasteiger partial charge on any atom is 0.214 e. The number of halogens is 1. The van der Waals surface area contributed by atoms with Gasteiger partial charge < -0.3 is 4.74 Å². The summed E-state index contributed by atoms with van der Waals surface area (Å²) < 4.78 is 5.65. The van der Waals surface area contributed by atoms with Gasteiger partial charge in [0, 0.05) is 22.3 Å². The van der Waals surface area contributed by atoms with Crippen molar-refractivity contribution in [2.24, 2.45) is 0 Å². The topological polar surface area (TPSA) is 39.2 Å². The van der Waals surface area contributed by atoms with Gasteiger partial charge in [-0.1, -0.05) is 18.0 Å². The monoisotopic (exact) mass is 329 g/mol. The van der Waals surface area contributed by atoms with Crippen molar-refractivity contribution < 1.29 is 9.53 Å². The summed E-state index contributed by atoms with van der Waals surface area (Å²) in [5, 5.41) is 0.616. The number of pyridine rings is 1. The van der Waals surface area contributed by atoms with Gasteiger partial charge in [0.1, 0.15) is 0 Å². The number of nitrogens with zero attached hydrogens (tertiary/aromatic N) is 1. The van der Waals surface area contributed by atoms with Crippen LogP contribution in [0.4, 0.5) is 0 Å². The van der Waals surface area contributed by atoms with Gasteiger partial charge >= 0.3 is 0 Å². The van der Waals surface area contributed by atoms with Gasteiger partial charge in [0.25, 0.3) is 0 Å². The molecule has 23 heavy (non-hydrogen) atoms. The van der Waals surface area contributed by atoms with Crippen LogP contribution < -0.4 is 4.74 Å². The summed E-state index contributed by atoms with van der Waals surface area (Å²) in [5.41, 5.74) is 4.31. The van der Waals surface area contributed by atoms with Crippen LogP contribution in [0.25, 0.3) is 0 Å². The quantitative estimate of drug-likeness (QED) is 0.609. The Kier molecular flexibility index (Phi) is 4.97. The average molecular weight is 330 g/mol. The smallest absolute Gasteiger partial charge is 0.214 e. The molecule has 1 aliphatic rings. The van der Waals surface area contributed by atoms with Gasteiger partial charge in [-0.2, -0.15) is 0 Å². The number of benzene rings is 1. The molecular weight excluding hydrogens is 310 g/mol. The SMILES string of the molecule is Cc1cc(OCC(=O)c2ccc(Cl)cc2)nc2c1CCCCC2. The molecule has 0 bridgehead atoms. The highest BCUT2D eigenvalue weighted by Gasteiger charge is 2.14. The van der Waals surface area contributed by atoms with E-state index in [-0.39, 0.29) is 12.4 Å². The predicted octanol–water partition coefficient (Wildman–Crippen LogP) is 4.57. The average Bonchev–Trinajstić information content (AvgIpc) is 2.79. The highest BCUT2D eigenvalue weighted by atomic mass is 35.5. The maximum atomic E-state index is 12.2. The summed E-state index contributed by atoms with van der Waals surface area (Å²) in [4.78, 5) is 16.8. The van der Waals surface area contributed by atoms with E-state index in [0.717, 1.165) is 18.5 Å². The number of aryl methyl sites for hydroxylation is 2. The lowest BCUT2D eigenvalue weighted by atomic mass is 10.0. The molecule has 0 fully saturated rings. The Bertz CT molecular complexity index is 710. The molecule has 3 rings (SSSR count). The van der Waals surface area contributed by atoms with Gasteiger partial charge in [-0.15, -0.1) is 0 Å². The molecule has 0 N–H and O–H groups in total. The Balaban J connectivity index is 1.71. The molecule has 1 aromatic carbocycles. The van der Waals surface area contributed by atoms with Gasteiger partial charge in [-0.25, -0.2) is 4.98 Å². The highest BCUT2D eigenvalue weighted by molar-refractivity contribution is 6.30. The number of carbonyl (C=O) groups is 1. The van der Waals surface area contributed by atoms with Gasteiger partial charge in [-0.05, 0) is 68.0 Å². The molecule has 4 heteroatoms. The van der Waals surface area contributed by atoms with Crippen molar-refractivity contribution in [3.05, 3.63) is 57.7 Å². The van der Waals surface area contributed by atoms with E-state index in [9.17, 15) is 4.79 Å². The summed E-state index contributed by atoms with van der Waals surface area (Å²) in [6.45, 7) is 2.09. The summed E-state index contributed by atoms with van der Waals surface area (Å²) in [6.07, 6.45) is 5.75. The second-order valence-corrected chi connectivity index (χ2v) is 6.42. The van der Waals surface area contributed by atoms with Gasteiger partial charge in [0.2, 0.25) is 5.88 Å². The molecule has 120 valence electrons. The predicted molar refractivity (Wildman–Crippen MR) is 91.5 cm³/mol. The second-order valence-electron chi connectivity index (χ2n) is 5.98. The standard InChI is InChI=1S/C19H20ClNO2/c1-13-11-19(21-17-6-4-2-3-5-16(13)17)23-12-18(22)14-7-9-15(20)10-8-14/h7-11H,2-6,12H2,1H3. The van der Waals surface area contributed by atoms with E-state index in [4.69, 9.17) is 16.3 Å². The molecule has 0 radical (unpaired) electrons. The number of fused-ring (bicyclic) bond motifs is 1. The van der Waals surface area contributed by atoms with Crippen LogP contribution in [0, 0.1) is 6.92 Å². The summed E-state index contributed by atoms with van der Waals surface area (Å²) in [7, 11) is 0. The minimum atomic E-state index is -0.0731. The fourth-order valence-corrected chi connectivity index (χ4v) is 3.11. The molecule has 0 aliphatic heterocycles. The van der Waals surface area contributed by atoms with E-state index < -0.39 is 0 Å². The first-order chi connectivity index (χ1) is 11.1. The highest BCUT2D eigenvalue weighted by Crippen LogP contribution is 2.25. The van der Waals surface area contributed by atoms with E-state index in [0.29, 0.717) is 16.5 Å². The Morgan fingerprint density at radius 3 is 2.70 bits per heavy atom. The molecule has 1 aromatic heterocycles. The molecule has 0 saturated carbocycles. The van der Waals surface area contributed by atoms with Crippen LogP contribution in [0.1, 0.15) is 46.4 Å².